The van der Waals surface area contributed by atoms with E-state index in [9.17, 15) is 14.7 Å². The summed E-state index contributed by atoms with van der Waals surface area (Å²) in [5.41, 5.74) is 0.563. The monoisotopic (exact) mass is 310 g/mol. The zero-order chi connectivity index (χ0) is 16.6. The summed E-state index contributed by atoms with van der Waals surface area (Å²) in [6.07, 6.45) is 0. The van der Waals surface area contributed by atoms with Crippen molar-refractivity contribution >= 4 is 17.4 Å². The lowest BCUT2D eigenvalue weighted by Gasteiger charge is -2.09. The lowest BCUT2D eigenvalue weighted by molar-refractivity contribution is 0.102. The van der Waals surface area contributed by atoms with Crippen LogP contribution in [0.25, 0.3) is 5.65 Å². The molecule has 23 heavy (non-hydrogen) atoms. The molecule has 0 aromatic carbocycles. The van der Waals surface area contributed by atoms with E-state index < -0.39 is 22.9 Å². The van der Waals surface area contributed by atoms with Crippen molar-refractivity contribution in [3.05, 3.63) is 63.7 Å². The average Bonchev–Trinajstić information content (AvgIpc) is 2.46. The van der Waals surface area contributed by atoms with Crippen LogP contribution in [0.15, 0.2) is 41.2 Å². The molecule has 0 atom stereocenters. The predicted octanol–water partition coefficient (Wildman–Crippen LogP) is 1.66. The fourth-order valence-corrected chi connectivity index (χ4v) is 2.32. The highest BCUT2D eigenvalue weighted by Crippen LogP contribution is 2.14. The molecule has 0 saturated heterocycles. The molecule has 3 aromatic heterocycles. The smallest absolute Gasteiger partial charge is 0.274 e. The maximum atomic E-state index is 12.6. The Labute approximate surface area is 131 Å². The van der Waals surface area contributed by atoms with E-state index in [2.05, 4.69) is 15.3 Å². The van der Waals surface area contributed by atoms with Crippen LogP contribution in [-0.2, 0) is 0 Å². The van der Waals surface area contributed by atoms with Gasteiger partial charge in [-0.05, 0) is 38.1 Å². The van der Waals surface area contributed by atoms with Crippen LogP contribution in [0.4, 0.5) is 5.82 Å². The van der Waals surface area contributed by atoms with Crippen molar-refractivity contribution in [2.75, 3.05) is 5.32 Å². The van der Waals surface area contributed by atoms with Crippen molar-refractivity contribution in [3.8, 4) is 5.88 Å². The molecule has 116 valence electrons. The number of aromatic nitrogens is 3. The molecule has 7 heteroatoms. The standard InChI is InChI=1S/C16H14N4O3/c1-9-5-3-7-11(17-9)18-14(21)13-15(22)19-12-8-4-6-10(2)20(12)16(13)23/h3-8,22H,1-2H3,(H,17,18,21). The highest BCUT2D eigenvalue weighted by molar-refractivity contribution is 6.05. The topological polar surface area (TPSA) is 96.6 Å². The molecule has 2 N–H and O–H groups in total. The van der Waals surface area contributed by atoms with Crippen molar-refractivity contribution in [1.29, 1.82) is 0 Å². The summed E-state index contributed by atoms with van der Waals surface area (Å²) in [7, 11) is 0. The summed E-state index contributed by atoms with van der Waals surface area (Å²) in [5.74, 6) is -1.06. The van der Waals surface area contributed by atoms with E-state index in [1.165, 1.54) is 4.40 Å². The van der Waals surface area contributed by atoms with Gasteiger partial charge in [0, 0.05) is 11.4 Å². The fourth-order valence-electron chi connectivity index (χ4n) is 2.32. The first-order valence-electron chi connectivity index (χ1n) is 6.94. The number of carbonyl (C=O) groups is 1. The molecular weight excluding hydrogens is 296 g/mol. The largest absolute Gasteiger partial charge is 0.493 e. The van der Waals surface area contributed by atoms with Crippen LogP contribution in [-0.4, -0.2) is 25.4 Å². The SMILES string of the molecule is Cc1cccc(NC(=O)c2c(O)nc3cccc(C)n3c2=O)n1. The van der Waals surface area contributed by atoms with Crippen molar-refractivity contribution < 1.29 is 9.90 Å². The molecule has 1 amide bonds. The summed E-state index contributed by atoms with van der Waals surface area (Å²) >= 11 is 0. The molecule has 0 aliphatic rings. The van der Waals surface area contributed by atoms with E-state index in [4.69, 9.17) is 0 Å². The Morgan fingerprint density at radius 3 is 2.61 bits per heavy atom. The third kappa shape index (κ3) is 2.64. The van der Waals surface area contributed by atoms with E-state index in [0.717, 1.165) is 5.69 Å². The summed E-state index contributed by atoms with van der Waals surface area (Å²) < 4.78 is 1.28. The van der Waals surface area contributed by atoms with Crippen molar-refractivity contribution in [3.63, 3.8) is 0 Å². The molecule has 0 aliphatic heterocycles. The number of amides is 1. The third-order valence-corrected chi connectivity index (χ3v) is 3.38. The van der Waals surface area contributed by atoms with Crippen LogP contribution in [0, 0.1) is 13.8 Å². The predicted molar refractivity (Wildman–Crippen MR) is 84.8 cm³/mol. The molecule has 3 heterocycles. The average molecular weight is 310 g/mol. The zero-order valence-corrected chi connectivity index (χ0v) is 12.6. The van der Waals surface area contributed by atoms with Gasteiger partial charge >= 0.3 is 0 Å². The molecule has 0 spiro atoms. The number of anilines is 1. The van der Waals surface area contributed by atoms with E-state index in [0.29, 0.717) is 11.5 Å². The van der Waals surface area contributed by atoms with Crippen LogP contribution in [0.2, 0.25) is 0 Å². The second kappa shape index (κ2) is 5.53. The quantitative estimate of drug-likeness (QED) is 0.750. The third-order valence-electron chi connectivity index (χ3n) is 3.38. The second-order valence-electron chi connectivity index (χ2n) is 5.09. The maximum Gasteiger partial charge on any atom is 0.274 e. The molecule has 0 saturated carbocycles. The molecule has 0 aliphatic carbocycles. The molecule has 0 radical (unpaired) electrons. The van der Waals surface area contributed by atoms with Crippen LogP contribution in [0.3, 0.4) is 0 Å². The molecule has 0 unspecified atom stereocenters. The van der Waals surface area contributed by atoms with Crippen LogP contribution >= 0.6 is 0 Å². The number of hydrogen-bond acceptors (Lipinski definition) is 5. The lowest BCUT2D eigenvalue weighted by atomic mass is 10.2. The van der Waals surface area contributed by atoms with Gasteiger partial charge in [-0.15, -0.1) is 0 Å². The van der Waals surface area contributed by atoms with Crippen LogP contribution in [0.5, 0.6) is 5.88 Å². The van der Waals surface area contributed by atoms with Crippen LogP contribution in [0.1, 0.15) is 21.7 Å². The first kappa shape index (κ1) is 14.7. The maximum absolute atomic E-state index is 12.6. The number of nitrogens with zero attached hydrogens (tertiary/aromatic N) is 3. The Morgan fingerprint density at radius 1 is 1.13 bits per heavy atom. The highest BCUT2D eigenvalue weighted by Gasteiger charge is 2.20. The summed E-state index contributed by atoms with van der Waals surface area (Å²) in [4.78, 5) is 33.0. The number of hydrogen-bond donors (Lipinski definition) is 2. The number of carbonyl (C=O) groups excluding carboxylic acids is 1. The molecule has 0 fully saturated rings. The Bertz CT molecular complexity index is 979. The van der Waals surface area contributed by atoms with Crippen molar-refractivity contribution in [2.24, 2.45) is 0 Å². The molecule has 0 bridgehead atoms. The first-order chi connectivity index (χ1) is 11.0. The van der Waals surface area contributed by atoms with E-state index in [1.54, 1.807) is 50.2 Å². The van der Waals surface area contributed by atoms with E-state index >= 15 is 0 Å². The van der Waals surface area contributed by atoms with Crippen molar-refractivity contribution in [1.82, 2.24) is 14.4 Å². The number of aryl methyl sites for hydroxylation is 2. The molecule has 3 aromatic rings. The van der Waals surface area contributed by atoms with E-state index in [-0.39, 0.29) is 5.65 Å². The minimum Gasteiger partial charge on any atom is -0.493 e. The summed E-state index contributed by atoms with van der Waals surface area (Å²) in [6, 6.07) is 10.1. The van der Waals surface area contributed by atoms with Crippen LogP contribution < -0.4 is 10.9 Å². The van der Waals surface area contributed by atoms with Gasteiger partial charge in [0.1, 0.15) is 11.5 Å². The van der Waals surface area contributed by atoms with Gasteiger partial charge in [0.2, 0.25) is 5.88 Å². The van der Waals surface area contributed by atoms with Gasteiger partial charge in [-0.25, -0.2) is 4.98 Å². The Balaban J connectivity index is 2.11. The van der Waals surface area contributed by atoms with Gasteiger partial charge in [0.15, 0.2) is 5.56 Å². The first-order valence-corrected chi connectivity index (χ1v) is 6.94. The number of aromatic hydroxyl groups is 1. The number of nitrogens with one attached hydrogen (secondary N) is 1. The van der Waals surface area contributed by atoms with Gasteiger partial charge in [0.25, 0.3) is 11.5 Å². The fraction of sp³-hybridized carbons (Fsp3) is 0.125. The minimum atomic E-state index is -0.754. The zero-order valence-electron chi connectivity index (χ0n) is 12.6. The molecular formula is C16H14N4O3. The summed E-state index contributed by atoms with van der Waals surface area (Å²) in [6.45, 7) is 3.50. The lowest BCUT2D eigenvalue weighted by Crippen LogP contribution is -2.28. The minimum absolute atomic E-state index is 0.276. The molecule has 3 rings (SSSR count). The van der Waals surface area contributed by atoms with Gasteiger partial charge in [-0.1, -0.05) is 12.1 Å². The highest BCUT2D eigenvalue weighted by atomic mass is 16.3. The number of pyridine rings is 2. The second-order valence-corrected chi connectivity index (χ2v) is 5.09. The Kier molecular flexibility index (Phi) is 3.53. The van der Waals surface area contributed by atoms with Gasteiger partial charge < -0.3 is 10.4 Å². The number of fused-ring (bicyclic) bond motifs is 1. The Hall–Kier alpha value is -3.22. The summed E-state index contributed by atoms with van der Waals surface area (Å²) in [5, 5.41) is 12.5. The van der Waals surface area contributed by atoms with Gasteiger partial charge in [-0.2, -0.15) is 4.98 Å². The molecule has 7 nitrogen and oxygen atoms in total. The van der Waals surface area contributed by atoms with E-state index in [1.807, 2.05) is 0 Å². The normalized spacial score (nSPS) is 10.7. The Morgan fingerprint density at radius 2 is 1.87 bits per heavy atom. The van der Waals surface area contributed by atoms with Gasteiger partial charge in [0.05, 0.1) is 0 Å². The van der Waals surface area contributed by atoms with Crippen molar-refractivity contribution in [2.45, 2.75) is 13.8 Å². The number of rotatable bonds is 2. The van der Waals surface area contributed by atoms with Gasteiger partial charge in [-0.3, -0.25) is 14.0 Å².